The number of nitrogens with zero attached hydrogens (tertiary/aromatic N) is 3. The number of nitrogens with one attached hydrogen (secondary N) is 1. The summed E-state index contributed by atoms with van der Waals surface area (Å²) in [5, 5.41) is 3.47. The van der Waals surface area contributed by atoms with Crippen LogP contribution in [0.15, 0.2) is 41.4 Å². The summed E-state index contributed by atoms with van der Waals surface area (Å²) in [6.07, 6.45) is 4.44. The van der Waals surface area contributed by atoms with Gasteiger partial charge in [0, 0.05) is 48.9 Å². The van der Waals surface area contributed by atoms with Crippen LogP contribution in [0.2, 0.25) is 0 Å². The number of aliphatic imine (C=N–C) groups is 1. The number of guanidine groups is 1. The number of hydrogen-bond donors (Lipinski definition) is 1. The smallest absolute Gasteiger partial charge is 0.194 e. The number of halogens is 1. The van der Waals surface area contributed by atoms with Crippen molar-refractivity contribution in [3.8, 4) is 0 Å². The molecule has 144 valence electrons. The summed E-state index contributed by atoms with van der Waals surface area (Å²) >= 11 is 2.05. The zero-order chi connectivity index (χ0) is 17.7. The minimum absolute atomic E-state index is 0. The fourth-order valence-corrected chi connectivity index (χ4v) is 4.40. The van der Waals surface area contributed by atoms with E-state index >= 15 is 0 Å². The van der Waals surface area contributed by atoms with Crippen LogP contribution >= 0.6 is 35.7 Å². The summed E-state index contributed by atoms with van der Waals surface area (Å²) in [4.78, 5) is 9.67. The highest BCUT2D eigenvalue weighted by atomic mass is 127. The topological polar surface area (TPSA) is 30.9 Å². The summed E-state index contributed by atoms with van der Waals surface area (Å²) in [7, 11) is 0. The van der Waals surface area contributed by atoms with Gasteiger partial charge < -0.3 is 15.1 Å². The Morgan fingerprint density at radius 3 is 2.50 bits per heavy atom. The number of benzene rings is 1. The van der Waals surface area contributed by atoms with Crippen LogP contribution in [0.3, 0.4) is 0 Å². The van der Waals surface area contributed by atoms with Gasteiger partial charge in [-0.15, -0.1) is 24.0 Å². The minimum Gasteiger partial charge on any atom is -0.364 e. The van der Waals surface area contributed by atoms with E-state index in [2.05, 4.69) is 84.1 Å². The molecule has 0 saturated carbocycles. The molecule has 2 aliphatic rings. The molecule has 0 amide bonds. The van der Waals surface area contributed by atoms with E-state index in [4.69, 9.17) is 4.99 Å². The highest BCUT2D eigenvalue weighted by Crippen LogP contribution is 2.29. The van der Waals surface area contributed by atoms with Gasteiger partial charge in [0.1, 0.15) is 0 Å². The summed E-state index contributed by atoms with van der Waals surface area (Å²) in [6, 6.07) is 8.84. The SMILES string of the molecule is CCNC(=NCc1ccc(N2CC=CC2)cc1)N1CCSC(C)(C)C1.I. The van der Waals surface area contributed by atoms with Crippen LogP contribution in [-0.4, -0.2) is 54.1 Å². The normalized spacial score (nSPS) is 19.4. The van der Waals surface area contributed by atoms with Crippen LogP contribution in [-0.2, 0) is 6.54 Å². The summed E-state index contributed by atoms with van der Waals surface area (Å²) in [5.74, 6) is 2.21. The van der Waals surface area contributed by atoms with E-state index in [9.17, 15) is 0 Å². The lowest BCUT2D eigenvalue weighted by Crippen LogP contribution is -2.50. The third-order valence-corrected chi connectivity index (χ3v) is 5.89. The molecule has 0 aliphatic carbocycles. The molecule has 0 unspecified atom stereocenters. The van der Waals surface area contributed by atoms with E-state index in [1.807, 2.05) is 0 Å². The van der Waals surface area contributed by atoms with Crippen molar-refractivity contribution >= 4 is 47.4 Å². The van der Waals surface area contributed by atoms with Crippen molar-refractivity contribution in [2.24, 2.45) is 4.99 Å². The van der Waals surface area contributed by atoms with E-state index in [-0.39, 0.29) is 24.0 Å². The molecule has 2 heterocycles. The van der Waals surface area contributed by atoms with Crippen LogP contribution in [0.4, 0.5) is 5.69 Å². The van der Waals surface area contributed by atoms with Crippen molar-refractivity contribution in [1.29, 1.82) is 0 Å². The maximum atomic E-state index is 4.90. The Kier molecular flexibility index (Phi) is 8.13. The van der Waals surface area contributed by atoms with Crippen molar-refractivity contribution in [1.82, 2.24) is 10.2 Å². The molecule has 0 radical (unpaired) electrons. The number of hydrogen-bond acceptors (Lipinski definition) is 3. The lowest BCUT2D eigenvalue weighted by molar-refractivity contribution is 0.376. The predicted octanol–water partition coefficient (Wildman–Crippen LogP) is 3.97. The first-order valence-corrected chi connectivity index (χ1v) is 10.2. The molecule has 2 aliphatic heterocycles. The first-order chi connectivity index (χ1) is 12.1. The minimum atomic E-state index is 0. The number of thioether (sulfide) groups is 1. The van der Waals surface area contributed by atoms with Crippen molar-refractivity contribution in [3.63, 3.8) is 0 Å². The van der Waals surface area contributed by atoms with Gasteiger partial charge >= 0.3 is 0 Å². The molecule has 0 aromatic heterocycles. The Bertz CT molecular complexity index is 619. The fraction of sp³-hybridized carbons (Fsp3) is 0.550. The van der Waals surface area contributed by atoms with E-state index in [0.29, 0.717) is 4.75 Å². The van der Waals surface area contributed by atoms with Crippen molar-refractivity contribution < 1.29 is 0 Å². The summed E-state index contributed by atoms with van der Waals surface area (Å²) in [5.41, 5.74) is 2.55. The van der Waals surface area contributed by atoms with E-state index in [1.165, 1.54) is 11.3 Å². The maximum Gasteiger partial charge on any atom is 0.194 e. The Morgan fingerprint density at radius 2 is 1.88 bits per heavy atom. The van der Waals surface area contributed by atoms with Gasteiger partial charge in [0.25, 0.3) is 0 Å². The second-order valence-corrected chi connectivity index (χ2v) is 9.04. The standard InChI is InChI=1S/C20H30N4S.HI/c1-4-21-19(24-13-14-25-20(2,3)16-24)22-15-17-7-9-18(10-8-17)23-11-5-6-12-23;/h5-10H,4,11-16H2,1-3H3,(H,21,22);1H. The number of anilines is 1. The van der Waals surface area contributed by atoms with Crippen LogP contribution in [0.1, 0.15) is 26.3 Å². The van der Waals surface area contributed by atoms with E-state index in [0.717, 1.165) is 51.0 Å². The second kappa shape index (κ2) is 9.88. The molecule has 0 spiro atoms. The molecule has 0 atom stereocenters. The highest BCUT2D eigenvalue weighted by molar-refractivity contribution is 14.0. The van der Waals surface area contributed by atoms with Crippen LogP contribution in [0.25, 0.3) is 0 Å². The molecule has 0 bridgehead atoms. The molecule has 1 saturated heterocycles. The zero-order valence-corrected chi connectivity index (χ0v) is 19.2. The average Bonchev–Trinajstić information content (AvgIpc) is 3.13. The Labute approximate surface area is 179 Å². The number of rotatable bonds is 4. The maximum absolute atomic E-state index is 4.90. The van der Waals surface area contributed by atoms with E-state index < -0.39 is 0 Å². The van der Waals surface area contributed by atoms with Crippen LogP contribution in [0.5, 0.6) is 0 Å². The van der Waals surface area contributed by atoms with Crippen molar-refractivity contribution in [2.45, 2.75) is 32.1 Å². The van der Waals surface area contributed by atoms with Crippen LogP contribution in [0, 0.1) is 0 Å². The summed E-state index contributed by atoms with van der Waals surface area (Å²) < 4.78 is 0.292. The van der Waals surface area contributed by atoms with Gasteiger partial charge in [-0.3, -0.25) is 0 Å². The molecule has 3 rings (SSSR count). The lowest BCUT2D eigenvalue weighted by atomic mass is 10.2. The average molecular weight is 486 g/mol. The Hall–Kier alpha value is -0.890. The molecular formula is C20H31IN4S. The first-order valence-electron chi connectivity index (χ1n) is 9.23. The third kappa shape index (κ3) is 5.81. The molecule has 26 heavy (non-hydrogen) atoms. The van der Waals surface area contributed by atoms with Crippen LogP contribution < -0.4 is 10.2 Å². The molecule has 1 fully saturated rings. The largest absolute Gasteiger partial charge is 0.364 e. The monoisotopic (exact) mass is 486 g/mol. The second-order valence-electron chi connectivity index (χ2n) is 7.24. The van der Waals surface area contributed by atoms with Crippen molar-refractivity contribution in [3.05, 3.63) is 42.0 Å². The molecular weight excluding hydrogens is 455 g/mol. The van der Waals surface area contributed by atoms with Gasteiger partial charge in [0.15, 0.2) is 5.96 Å². The van der Waals surface area contributed by atoms with Gasteiger partial charge in [0.2, 0.25) is 0 Å². The predicted molar refractivity (Wildman–Crippen MR) is 126 cm³/mol. The molecule has 6 heteroatoms. The molecule has 1 aromatic rings. The van der Waals surface area contributed by atoms with Gasteiger partial charge in [-0.1, -0.05) is 24.3 Å². The highest BCUT2D eigenvalue weighted by Gasteiger charge is 2.28. The molecule has 4 nitrogen and oxygen atoms in total. The van der Waals surface area contributed by atoms with Gasteiger partial charge in [-0.25, -0.2) is 4.99 Å². The first kappa shape index (κ1) is 21.4. The summed E-state index contributed by atoms with van der Waals surface area (Å²) in [6.45, 7) is 12.6. The van der Waals surface area contributed by atoms with Gasteiger partial charge in [-0.2, -0.15) is 11.8 Å². The fourth-order valence-electron chi connectivity index (χ4n) is 3.29. The molecule has 1 aromatic carbocycles. The quantitative estimate of drug-likeness (QED) is 0.302. The Morgan fingerprint density at radius 1 is 1.19 bits per heavy atom. The van der Waals surface area contributed by atoms with E-state index in [1.54, 1.807) is 0 Å². The third-order valence-electron chi connectivity index (χ3n) is 4.59. The molecule has 1 N–H and O–H groups in total. The zero-order valence-electron chi connectivity index (χ0n) is 16.1. The van der Waals surface area contributed by atoms with Gasteiger partial charge in [-0.05, 0) is 38.5 Å². The lowest BCUT2D eigenvalue weighted by Gasteiger charge is -2.39. The van der Waals surface area contributed by atoms with Gasteiger partial charge in [0.05, 0.1) is 6.54 Å². The van der Waals surface area contributed by atoms with Crippen molar-refractivity contribution in [2.75, 3.05) is 43.4 Å². The Balaban J connectivity index is 0.00000243.